The molecule has 0 aliphatic rings. The van der Waals surface area contributed by atoms with Crippen LogP contribution in [-0.4, -0.2) is 51.9 Å². The molecule has 2 aromatic carbocycles. The summed E-state index contributed by atoms with van der Waals surface area (Å²) in [5.74, 6) is -0.130. The molecule has 0 spiro atoms. The first-order valence-electron chi connectivity index (χ1n) is 11.5. The zero-order valence-corrected chi connectivity index (χ0v) is 20.7. The van der Waals surface area contributed by atoms with Crippen molar-refractivity contribution in [1.29, 1.82) is 0 Å². The highest BCUT2D eigenvalue weighted by Crippen LogP contribution is 2.15. The van der Waals surface area contributed by atoms with Crippen LogP contribution in [-0.2, 0) is 0 Å². The quantitative estimate of drug-likeness (QED) is 0.152. The molecular weight excluding hydrogens is 496 g/mol. The number of amides is 2. The molecule has 180 valence electrons. The van der Waals surface area contributed by atoms with E-state index in [1.807, 2.05) is 60.7 Å². The van der Waals surface area contributed by atoms with E-state index < -0.39 is 0 Å². The first-order chi connectivity index (χ1) is 16.6. The van der Waals surface area contributed by atoms with Crippen molar-refractivity contribution in [3.8, 4) is 0 Å². The molecule has 2 aromatic heterocycles. The van der Waals surface area contributed by atoms with E-state index in [1.54, 1.807) is 0 Å². The molecule has 0 aliphatic carbocycles. The Hall–Kier alpha value is -3.10. The number of rotatable bonds is 10. The minimum Gasteiger partial charge on any atom is -0.396 e. The van der Waals surface area contributed by atoms with Crippen molar-refractivity contribution in [2.75, 3.05) is 25.0 Å². The van der Waals surface area contributed by atoms with E-state index in [4.69, 9.17) is 5.11 Å². The lowest BCUT2D eigenvalue weighted by molar-refractivity contribution is 0.0940. The summed E-state index contributed by atoms with van der Waals surface area (Å²) in [6.07, 6.45) is 3.58. The molecule has 0 radical (unpaired) electrons. The number of unbranched alkanes of at least 4 members (excludes halogenated alkanes) is 2. The van der Waals surface area contributed by atoms with Gasteiger partial charge in [0, 0.05) is 46.8 Å². The van der Waals surface area contributed by atoms with Crippen molar-refractivity contribution in [2.24, 2.45) is 0 Å². The second kappa shape index (κ2) is 13.6. The number of hydrogen-bond donors (Lipinski definition) is 5. The van der Waals surface area contributed by atoms with Crippen LogP contribution in [0, 0.1) is 0 Å². The molecule has 0 saturated carbocycles. The Morgan fingerprint density at radius 1 is 0.735 bits per heavy atom. The molecule has 5 N–H and O–H groups in total. The van der Waals surface area contributed by atoms with E-state index in [0.29, 0.717) is 24.4 Å². The lowest BCUT2D eigenvalue weighted by Crippen LogP contribution is -2.24. The summed E-state index contributed by atoms with van der Waals surface area (Å²) in [7, 11) is 0. The van der Waals surface area contributed by atoms with Gasteiger partial charge in [-0.3, -0.25) is 9.59 Å². The molecule has 0 bridgehead atoms. The van der Waals surface area contributed by atoms with Gasteiger partial charge in [-0.15, -0.1) is 0 Å². The number of fused-ring (bicyclic) bond motifs is 2. The average molecular weight is 527 g/mol. The van der Waals surface area contributed by atoms with Crippen LogP contribution in [0.15, 0.2) is 60.7 Å². The molecular formula is C26H31BrN4O3. The zero-order valence-electron chi connectivity index (χ0n) is 19.1. The van der Waals surface area contributed by atoms with Gasteiger partial charge in [0.05, 0.1) is 0 Å². The maximum atomic E-state index is 11.8. The highest BCUT2D eigenvalue weighted by Gasteiger charge is 2.09. The predicted octanol–water partition coefficient (Wildman–Crippen LogP) is 4.74. The highest BCUT2D eigenvalue weighted by atomic mass is 79.9. The Balaban J connectivity index is 0.000000191. The van der Waals surface area contributed by atoms with Crippen molar-refractivity contribution >= 4 is 49.6 Å². The third-order valence-corrected chi connectivity index (χ3v) is 5.83. The molecule has 4 rings (SSSR count). The minimum absolute atomic E-state index is 0.0317. The van der Waals surface area contributed by atoms with E-state index >= 15 is 0 Å². The van der Waals surface area contributed by atoms with Crippen molar-refractivity contribution in [1.82, 2.24) is 20.6 Å². The van der Waals surface area contributed by atoms with Gasteiger partial charge in [-0.05, 0) is 49.9 Å². The van der Waals surface area contributed by atoms with Crippen LogP contribution >= 0.6 is 15.9 Å². The van der Waals surface area contributed by atoms with Gasteiger partial charge < -0.3 is 25.7 Å². The molecule has 0 atom stereocenters. The molecule has 4 aromatic rings. The number of para-hydroxylation sites is 2. The summed E-state index contributed by atoms with van der Waals surface area (Å²) < 4.78 is 0. The Morgan fingerprint density at radius 3 is 1.65 bits per heavy atom. The number of carbonyl (C=O) groups is 2. The van der Waals surface area contributed by atoms with Crippen LogP contribution in [0.4, 0.5) is 0 Å². The Bertz CT molecular complexity index is 1040. The number of aliphatic hydroxyl groups is 1. The first-order valence-corrected chi connectivity index (χ1v) is 12.6. The van der Waals surface area contributed by atoms with Crippen molar-refractivity contribution in [3.05, 3.63) is 72.1 Å². The van der Waals surface area contributed by atoms with Crippen molar-refractivity contribution in [3.63, 3.8) is 0 Å². The van der Waals surface area contributed by atoms with E-state index in [1.165, 1.54) is 0 Å². The molecule has 8 heteroatoms. The highest BCUT2D eigenvalue weighted by molar-refractivity contribution is 9.09. The van der Waals surface area contributed by atoms with Crippen LogP contribution in [0.25, 0.3) is 21.8 Å². The third kappa shape index (κ3) is 7.46. The largest absolute Gasteiger partial charge is 0.396 e. The van der Waals surface area contributed by atoms with Gasteiger partial charge in [-0.25, -0.2) is 0 Å². The molecule has 0 unspecified atom stereocenters. The van der Waals surface area contributed by atoms with Crippen LogP contribution in [0.2, 0.25) is 0 Å². The fraction of sp³-hybridized carbons (Fsp3) is 0.308. The molecule has 0 aliphatic heterocycles. The van der Waals surface area contributed by atoms with E-state index in [9.17, 15) is 9.59 Å². The Kier molecular flexibility index (Phi) is 10.2. The zero-order chi connectivity index (χ0) is 24.2. The molecule has 2 amide bonds. The summed E-state index contributed by atoms with van der Waals surface area (Å²) >= 11 is 3.37. The fourth-order valence-corrected chi connectivity index (χ4v) is 3.84. The van der Waals surface area contributed by atoms with Gasteiger partial charge in [-0.2, -0.15) is 0 Å². The number of aliphatic hydroxyl groups excluding tert-OH is 1. The number of halogens is 1. The van der Waals surface area contributed by atoms with Gasteiger partial charge in [0.25, 0.3) is 11.8 Å². The lowest BCUT2D eigenvalue weighted by atomic mass is 10.2. The van der Waals surface area contributed by atoms with E-state index in [0.717, 1.165) is 52.9 Å². The second-order valence-corrected chi connectivity index (χ2v) is 8.67. The average Bonchev–Trinajstić information content (AvgIpc) is 3.49. The van der Waals surface area contributed by atoms with Gasteiger partial charge in [0.1, 0.15) is 11.4 Å². The molecule has 0 saturated heterocycles. The standard InChI is InChI=1S/C13H15BrN2O.C13H16N2O2/c14-7-3-4-8-15-13(17)12-9-10-5-1-2-6-11(10)16-12;16-8-4-3-7-14-13(17)12-9-10-5-1-2-6-11(10)15-12/h1-2,5-6,9,16H,3-4,7-8H2,(H,15,17);1-2,5-6,9,15-16H,3-4,7-8H2,(H,14,17). The number of alkyl halides is 1. The van der Waals surface area contributed by atoms with Gasteiger partial charge in [0.2, 0.25) is 0 Å². The summed E-state index contributed by atoms with van der Waals surface area (Å²) in [5, 5.41) is 17.4. The summed E-state index contributed by atoms with van der Waals surface area (Å²) in [6, 6.07) is 19.4. The fourth-order valence-electron chi connectivity index (χ4n) is 3.44. The smallest absolute Gasteiger partial charge is 0.267 e. The van der Waals surface area contributed by atoms with Crippen LogP contribution < -0.4 is 10.6 Å². The summed E-state index contributed by atoms with van der Waals surface area (Å²) in [6.45, 7) is 1.48. The number of benzene rings is 2. The maximum absolute atomic E-state index is 11.8. The number of aromatic amines is 2. The molecule has 0 fully saturated rings. The van der Waals surface area contributed by atoms with E-state index in [2.05, 4.69) is 36.5 Å². The SMILES string of the molecule is O=C(NCCCCBr)c1cc2ccccc2[nH]1.O=C(NCCCCO)c1cc2ccccc2[nH]1. The second-order valence-electron chi connectivity index (χ2n) is 7.88. The predicted molar refractivity (Wildman–Crippen MR) is 141 cm³/mol. The Morgan fingerprint density at radius 2 is 1.21 bits per heavy atom. The number of nitrogens with one attached hydrogen (secondary N) is 4. The normalized spacial score (nSPS) is 10.6. The third-order valence-electron chi connectivity index (χ3n) is 5.27. The number of carbonyl (C=O) groups excluding carboxylic acids is 2. The first kappa shape index (κ1) is 25.5. The molecule has 34 heavy (non-hydrogen) atoms. The van der Waals surface area contributed by atoms with Crippen LogP contribution in [0.1, 0.15) is 46.7 Å². The summed E-state index contributed by atoms with van der Waals surface area (Å²) in [5.41, 5.74) is 3.17. The number of aromatic nitrogens is 2. The Labute approximate surface area is 207 Å². The van der Waals surface area contributed by atoms with E-state index in [-0.39, 0.29) is 18.4 Å². The molecule has 2 heterocycles. The number of H-pyrrole nitrogens is 2. The molecule has 7 nitrogen and oxygen atoms in total. The van der Waals surface area contributed by atoms with Crippen molar-refractivity contribution < 1.29 is 14.7 Å². The number of hydrogen-bond acceptors (Lipinski definition) is 3. The monoisotopic (exact) mass is 526 g/mol. The van der Waals surface area contributed by atoms with Gasteiger partial charge in [-0.1, -0.05) is 52.3 Å². The van der Waals surface area contributed by atoms with Crippen LogP contribution in [0.3, 0.4) is 0 Å². The maximum Gasteiger partial charge on any atom is 0.267 e. The summed E-state index contributed by atoms with van der Waals surface area (Å²) in [4.78, 5) is 29.8. The minimum atomic E-state index is -0.0980. The van der Waals surface area contributed by atoms with Gasteiger partial charge >= 0.3 is 0 Å². The lowest BCUT2D eigenvalue weighted by Gasteiger charge is -2.01. The van der Waals surface area contributed by atoms with Gasteiger partial charge in [0.15, 0.2) is 0 Å². The van der Waals surface area contributed by atoms with Crippen LogP contribution in [0.5, 0.6) is 0 Å². The topological polar surface area (TPSA) is 110 Å². The van der Waals surface area contributed by atoms with Crippen molar-refractivity contribution in [2.45, 2.75) is 25.7 Å².